The van der Waals surface area contributed by atoms with Crippen molar-refractivity contribution in [3.05, 3.63) is 17.3 Å². The molecule has 0 aliphatic carbocycles. The number of carbonyl (C=O) groups is 1. The molecule has 0 aromatic carbocycles. The van der Waals surface area contributed by atoms with E-state index in [9.17, 15) is 4.79 Å². The lowest BCUT2D eigenvalue weighted by atomic mass is 10.3. The Kier molecular flexibility index (Phi) is 4.76. The molecule has 4 nitrogen and oxygen atoms in total. The van der Waals surface area contributed by atoms with Gasteiger partial charge in [0.25, 0.3) is 0 Å². The second-order valence-corrected chi connectivity index (χ2v) is 6.89. The molecule has 0 spiro atoms. The van der Waals surface area contributed by atoms with Gasteiger partial charge in [-0.2, -0.15) is 0 Å². The van der Waals surface area contributed by atoms with Crippen molar-refractivity contribution in [2.45, 2.75) is 38.3 Å². The van der Waals surface area contributed by atoms with Gasteiger partial charge >= 0.3 is 0 Å². The van der Waals surface area contributed by atoms with Gasteiger partial charge in [0, 0.05) is 28.5 Å². The molecule has 0 fully saturated rings. The number of aryl methyl sites for hydroxylation is 1. The number of carbonyl (C=O) groups excluding carboxylic acids is 1. The number of hydrogen-bond acceptors (Lipinski definition) is 5. The van der Waals surface area contributed by atoms with Gasteiger partial charge in [-0.15, -0.1) is 23.1 Å². The Bertz CT molecular complexity index is 580. The smallest absolute Gasteiger partial charge is 0.221 e. The van der Waals surface area contributed by atoms with Crippen LogP contribution >= 0.6 is 23.1 Å². The lowest BCUT2D eigenvalue weighted by molar-refractivity contribution is -0.121. The van der Waals surface area contributed by atoms with Crippen molar-refractivity contribution in [1.29, 1.82) is 0 Å². The van der Waals surface area contributed by atoms with Crippen LogP contribution in [-0.2, 0) is 4.79 Å². The van der Waals surface area contributed by atoms with E-state index in [-0.39, 0.29) is 11.9 Å². The third-order valence-corrected chi connectivity index (χ3v) is 4.40. The average molecular weight is 295 g/mol. The van der Waals surface area contributed by atoms with E-state index in [1.165, 1.54) is 4.88 Å². The van der Waals surface area contributed by atoms with E-state index < -0.39 is 0 Å². The van der Waals surface area contributed by atoms with Crippen LogP contribution in [-0.4, -0.2) is 27.7 Å². The number of nitrogens with zero attached hydrogens (tertiary/aromatic N) is 2. The molecule has 0 saturated heterocycles. The van der Waals surface area contributed by atoms with Gasteiger partial charge in [-0.25, -0.2) is 9.97 Å². The summed E-state index contributed by atoms with van der Waals surface area (Å²) in [4.78, 5) is 22.4. The van der Waals surface area contributed by atoms with Gasteiger partial charge in [-0.1, -0.05) is 0 Å². The van der Waals surface area contributed by atoms with Gasteiger partial charge in [0.2, 0.25) is 5.91 Å². The summed E-state index contributed by atoms with van der Waals surface area (Å²) in [5.74, 6) is 0.828. The van der Waals surface area contributed by atoms with Crippen molar-refractivity contribution in [2.75, 3.05) is 5.75 Å². The Morgan fingerprint density at radius 1 is 1.47 bits per heavy atom. The zero-order valence-corrected chi connectivity index (χ0v) is 12.9. The first-order chi connectivity index (χ1) is 9.06. The second kappa shape index (κ2) is 6.34. The quantitative estimate of drug-likeness (QED) is 0.680. The Morgan fingerprint density at radius 3 is 3.00 bits per heavy atom. The maximum absolute atomic E-state index is 11.6. The molecule has 19 heavy (non-hydrogen) atoms. The highest BCUT2D eigenvalue weighted by atomic mass is 32.2. The molecule has 0 radical (unpaired) electrons. The molecule has 0 saturated carbocycles. The lowest BCUT2D eigenvalue weighted by Gasteiger charge is -2.07. The number of thiophene rings is 1. The number of hydrogen-bond donors (Lipinski definition) is 1. The molecular weight excluding hydrogens is 278 g/mol. The van der Waals surface area contributed by atoms with Crippen LogP contribution in [0.25, 0.3) is 10.2 Å². The van der Waals surface area contributed by atoms with E-state index in [1.807, 2.05) is 13.8 Å². The summed E-state index contributed by atoms with van der Waals surface area (Å²) in [6.07, 6.45) is 2.10. The fourth-order valence-corrected chi connectivity index (χ4v) is 3.53. The van der Waals surface area contributed by atoms with Crippen LogP contribution in [0.4, 0.5) is 0 Å². The van der Waals surface area contributed by atoms with Crippen molar-refractivity contribution in [3.8, 4) is 0 Å². The molecule has 2 aromatic heterocycles. The molecule has 2 rings (SSSR count). The second-order valence-electron chi connectivity index (χ2n) is 4.58. The molecule has 0 aliphatic rings. The van der Waals surface area contributed by atoms with Crippen molar-refractivity contribution >= 4 is 39.2 Å². The zero-order chi connectivity index (χ0) is 13.8. The van der Waals surface area contributed by atoms with E-state index in [1.54, 1.807) is 29.4 Å². The van der Waals surface area contributed by atoms with Gasteiger partial charge in [-0.05, 0) is 26.8 Å². The number of aromatic nitrogens is 2. The Hall–Kier alpha value is -1.14. The fraction of sp³-hybridized carbons (Fsp3) is 0.462. The molecule has 0 unspecified atom stereocenters. The Labute approximate surface area is 121 Å². The molecule has 102 valence electrons. The predicted molar refractivity (Wildman–Crippen MR) is 80.8 cm³/mol. The minimum atomic E-state index is 0.0919. The highest BCUT2D eigenvalue weighted by Crippen LogP contribution is 2.30. The van der Waals surface area contributed by atoms with E-state index in [0.717, 1.165) is 21.0 Å². The molecule has 0 aliphatic heterocycles. The van der Waals surface area contributed by atoms with E-state index in [2.05, 4.69) is 28.3 Å². The standard InChI is InChI=1S/C13H17N3OS2/c1-8(2)16-11(17)4-5-18-12-10-6-9(3)19-13(10)15-7-14-12/h6-8H,4-5H2,1-3H3,(H,16,17). The van der Waals surface area contributed by atoms with Crippen LogP contribution in [0.5, 0.6) is 0 Å². The summed E-state index contributed by atoms with van der Waals surface area (Å²) in [5, 5.41) is 4.95. The highest BCUT2D eigenvalue weighted by molar-refractivity contribution is 7.99. The van der Waals surface area contributed by atoms with Crippen molar-refractivity contribution in [3.63, 3.8) is 0 Å². The molecule has 1 amide bonds. The van der Waals surface area contributed by atoms with Crippen LogP contribution in [0, 0.1) is 6.92 Å². The Morgan fingerprint density at radius 2 is 2.26 bits per heavy atom. The van der Waals surface area contributed by atoms with Gasteiger partial charge in [0.15, 0.2) is 0 Å². The summed E-state index contributed by atoms with van der Waals surface area (Å²) >= 11 is 3.28. The molecule has 2 heterocycles. The summed E-state index contributed by atoms with van der Waals surface area (Å²) in [5.41, 5.74) is 0. The van der Waals surface area contributed by atoms with Crippen LogP contribution in [0.3, 0.4) is 0 Å². The van der Waals surface area contributed by atoms with Crippen molar-refractivity contribution in [1.82, 2.24) is 15.3 Å². The topological polar surface area (TPSA) is 54.9 Å². The minimum Gasteiger partial charge on any atom is -0.354 e. The minimum absolute atomic E-state index is 0.0919. The average Bonchev–Trinajstić information content (AvgIpc) is 2.69. The Balaban J connectivity index is 1.96. The van der Waals surface area contributed by atoms with E-state index in [4.69, 9.17) is 0 Å². The molecule has 1 N–H and O–H groups in total. The number of thioether (sulfide) groups is 1. The van der Waals surface area contributed by atoms with Crippen molar-refractivity contribution < 1.29 is 4.79 Å². The molecule has 2 aromatic rings. The first kappa shape index (κ1) is 14.3. The first-order valence-corrected chi connectivity index (χ1v) is 8.00. The van der Waals surface area contributed by atoms with E-state index in [0.29, 0.717) is 6.42 Å². The number of rotatable bonds is 5. The van der Waals surface area contributed by atoms with Crippen LogP contribution in [0.1, 0.15) is 25.1 Å². The maximum Gasteiger partial charge on any atom is 0.221 e. The highest BCUT2D eigenvalue weighted by Gasteiger charge is 2.09. The monoisotopic (exact) mass is 295 g/mol. The lowest BCUT2D eigenvalue weighted by Crippen LogP contribution is -2.30. The van der Waals surface area contributed by atoms with Gasteiger partial charge in [-0.3, -0.25) is 4.79 Å². The summed E-state index contributed by atoms with van der Waals surface area (Å²) in [7, 11) is 0. The van der Waals surface area contributed by atoms with Gasteiger partial charge < -0.3 is 5.32 Å². The summed E-state index contributed by atoms with van der Waals surface area (Å²) in [6.45, 7) is 6.00. The summed E-state index contributed by atoms with van der Waals surface area (Å²) in [6, 6.07) is 2.30. The third kappa shape index (κ3) is 3.91. The number of nitrogens with one attached hydrogen (secondary N) is 1. The molecule has 0 bridgehead atoms. The van der Waals surface area contributed by atoms with Gasteiger partial charge in [0.1, 0.15) is 16.2 Å². The van der Waals surface area contributed by atoms with Crippen LogP contribution < -0.4 is 5.32 Å². The summed E-state index contributed by atoms with van der Waals surface area (Å²) < 4.78 is 0. The maximum atomic E-state index is 11.6. The SMILES string of the molecule is Cc1cc2c(SCCC(=O)NC(C)C)ncnc2s1. The first-order valence-electron chi connectivity index (χ1n) is 6.19. The van der Waals surface area contributed by atoms with E-state index >= 15 is 0 Å². The molecular formula is C13H17N3OS2. The van der Waals surface area contributed by atoms with Gasteiger partial charge in [0.05, 0.1) is 0 Å². The molecule has 0 atom stereocenters. The van der Waals surface area contributed by atoms with Crippen LogP contribution in [0.15, 0.2) is 17.4 Å². The van der Waals surface area contributed by atoms with Crippen molar-refractivity contribution in [2.24, 2.45) is 0 Å². The fourth-order valence-electron chi connectivity index (χ4n) is 1.70. The predicted octanol–water partition coefficient (Wildman–Crippen LogP) is 3.01. The molecule has 6 heteroatoms. The number of fused-ring (bicyclic) bond motifs is 1. The number of amides is 1. The largest absolute Gasteiger partial charge is 0.354 e. The van der Waals surface area contributed by atoms with Crippen LogP contribution in [0.2, 0.25) is 0 Å². The third-order valence-electron chi connectivity index (χ3n) is 2.43. The normalized spacial score (nSPS) is 11.2. The zero-order valence-electron chi connectivity index (χ0n) is 11.3.